The largest absolute Gasteiger partial charge is 0.368 e. The molecule has 1 aromatic carbocycles. The van der Waals surface area contributed by atoms with Gasteiger partial charge in [0.05, 0.1) is 12.0 Å². The molecule has 5 N–H and O–H groups in total. The molecule has 1 aromatic rings. The topological polar surface area (TPSA) is 107 Å². The fourth-order valence-corrected chi connectivity index (χ4v) is 3.40. The average molecular weight is 347 g/mol. The summed E-state index contributed by atoms with van der Waals surface area (Å²) >= 11 is 0. The second-order valence-corrected chi connectivity index (χ2v) is 7.25. The van der Waals surface area contributed by atoms with E-state index < -0.39 is 5.91 Å². The summed E-state index contributed by atoms with van der Waals surface area (Å²) in [7, 11) is 0. The number of nitrogens with two attached hydrogens (primary N) is 2. The number of hydrogen-bond acceptors (Lipinski definition) is 4. The normalized spacial score (nSPS) is 23.2. The molecule has 138 valence electrons. The maximum atomic E-state index is 11.3. The molecule has 0 heterocycles. The van der Waals surface area contributed by atoms with Crippen LogP contribution in [0, 0.1) is 5.92 Å². The quantitative estimate of drug-likeness (QED) is 0.377. The van der Waals surface area contributed by atoms with Crippen molar-refractivity contribution in [2.45, 2.75) is 57.5 Å². The van der Waals surface area contributed by atoms with Crippen molar-refractivity contribution in [3.05, 3.63) is 35.4 Å². The SMILES string of the molecule is CC1(OCC(N)=O)CCC(CCc2ccc(CC(=O)NN)cc2)CC1. The van der Waals surface area contributed by atoms with Crippen LogP contribution in [0.4, 0.5) is 0 Å². The first-order chi connectivity index (χ1) is 11.9. The maximum absolute atomic E-state index is 11.3. The van der Waals surface area contributed by atoms with Crippen molar-refractivity contribution in [3.8, 4) is 0 Å². The molecule has 2 amide bonds. The molecule has 0 radical (unpaired) electrons. The van der Waals surface area contributed by atoms with Crippen molar-refractivity contribution < 1.29 is 14.3 Å². The van der Waals surface area contributed by atoms with Gasteiger partial charge in [0, 0.05) is 0 Å². The Kier molecular flexibility index (Phi) is 6.96. The molecule has 0 bridgehead atoms. The third-order valence-corrected chi connectivity index (χ3v) is 5.12. The summed E-state index contributed by atoms with van der Waals surface area (Å²) in [4.78, 5) is 22.1. The highest BCUT2D eigenvalue weighted by molar-refractivity contribution is 5.77. The summed E-state index contributed by atoms with van der Waals surface area (Å²) in [5.74, 6) is 5.20. The molecule has 1 aliphatic carbocycles. The molecule has 0 spiro atoms. The Morgan fingerprint density at radius 3 is 2.36 bits per heavy atom. The Morgan fingerprint density at radius 2 is 1.80 bits per heavy atom. The van der Waals surface area contributed by atoms with Gasteiger partial charge in [0.2, 0.25) is 11.8 Å². The van der Waals surface area contributed by atoms with Gasteiger partial charge < -0.3 is 10.5 Å². The van der Waals surface area contributed by atoms with E-state index in [1.807, 2.05) is 12.1 Å². The van der Waals surface area contributed by atoms with Gasteiger partial charge in [0.25, 0.3) is 0 Å². The maximum Gasteiger partial charge on any atom is 0.243 e. The van der Waals surface area contributed by atoms with Crippen LogP contribution in [0.3, 0.4) is 0 Å². The number of carbonyl (C=O) groups excluding carboxylic acids is 2. The second-order valence-electron chi connectivity index (χ2n) is 7.25. The third kappa shape index (κ3) is 6.48. The molecule has 0 aromatic heterocycles. The lowest BCUT2D eigenvalue weighted by atomic mass is 9.77. The van der Waals surface area contributed by atoms with Crippen molar-refractivity contribution in [1.29, 1.82) is 0 Å². The van der Waals surface area contributed by atoms with Gasteiger partial charge in [-0.1, -0.05) is 24.3 Å². The van der Waals surface area contributed by atoms with Crippen LogP contribution >= 0.6 is 0 Å². The minimum atomic E-state index is -0.407. The van der Waals surface area contributed by atoms with E-state index in [0.717, 1.165) is 44.1 Å². The lowest BCUT2D eigenvalue weighted by Crippen LogP contribution is -2.37. The van der Waals surface area contributed by atoms with Crippen LogP contribution in [0.2, 0.25) is 0 Å². The number of hydrogen-bond donors (Lipinski definition) is 3. The molecule has 25 heavy (non-hydrogen) atoms. The van der Waals surface area contributed by atoms with Crippen molar-refractivity contribution in [2.24, 2.45) is 17.5 Å². The predicted molar refractivity (Wildman–Crippen MR) is 96.3 cm³/mol. The van der Waals surface area contributed by atoms with E-state index in [4.69, 9.17) is 16.3 Å². The standard InChI is InChI=1S/C19H29N3O3/c1-19(25-13-17(20)23)10-8-15(9-11-19)3-2-14-4-6-16(7-5-14)12-18(24)22-21/h4-7,15H,2-3,8-13,21H2,1H3,(H2,20,23)(H,22,24). The summed E-state index contributed by atoms with van der Waals surface area (Å²) in [5, 5.41) is 0. The molecule has 0 unspecified atom stereocenters. The van der Waals surface area contributed by atoms with E-state index >= 15 is 0 Å². The van der Waals surface area contributed by atoms with Gasteiger partial charge in [0.15, 0.2) is 0 Å². The zero-order valence-corrected chi connectivity index (χ0v) is 14.9. The summed E-state index contributed by atoms with van der Waals surface area (Å²) in [6.07, 6.45) is 6.66. The average Bonchev–Trinajstić information content (AvgIpc) is 2.61. The number of ether oxygens (including phenoxy) is 1. The van der Waals surface area contributed by atoms with Crippen molar-refractivity contribution in [3.63, 3.8) is 0 Å². The van der Waals surface area contributed by atoms with Gasteiger partial charge in [-0.05, 0) is 62.5 Å². The van der Waals surface area contributed by atoms with Crippen LogP contribution in [0.25, 0.3) is 0 Å². The number of primary amides is 1. The molecule has 0 saturated heterocycles. The molecule has 1 fully saturated rings. The van der Waals surface area contributed by atoms with Gasteiger partial charge >= 0.3 is 0 Å². The zero-order chi connectivity index (χ0) is 18.3. The second kappa shape index (κ2) is 8.97. The minimum absolute atomic E-state index is 0.00962. The Balaban J connectivity index is 1.74. The van der Waals surface area contributed by atoms with Gasteiger partial charge in [0.1, 0.15) is 6.61 Å². The van der Waals surface area contributed by atoms with E-state index in [1.165, 1.54) is 5.56 Å². The summed E-state index contributed by atoms with van der Waals surface area (Å²) in [5.41, 5.74) is 9.34. The van der Waals surface area contributed by atoms with Crippen molar-refractivity contribution >= 4 is 11.8 Å². The van der Waals surface area contributed by atoms with Gasteiger partial charge in [-0.25, -0.2) is 5.84 Å². The number of nitrogens with one attached hydrogen (secondary N) is 1. The number of benzene rings is 1. The Hall–Kier alpha value is -1.92. The lowest BCUT2D eigenvalue weighted by molar-refractivity contribution is -0.132. The van der Waals surface area contributed by atoms with E-state index in [1.54, 1.807) is 0 Å². The molecule has 1 saturated carbocycles. The number of carbonyl (C=O) groups is 2. The molecular formula is C19H29N3O3. The first-order valence-corrected chi connectivity index (χ1v) is 8.90. The molecule has 0 atom stereocenters. The van der Waals surface area contributed by atoms with Crippen LogP contribution in [0.1, 0.15) is 50.2 Å². The summed E-state index contributed by atoms with van der Waals surface area (Å²) in [6.45, 7) is 2.08. The fraction of sp³-hybridized carbons (Fsp3) is 0.579. The monoisotopic (exact) mass is 347 g/mol. The molecule has 6 nitrogen and oxygen atoms in total. The molecule has 1 aliphatic rings. The van der Waals surface area contributed by atoms with Gasteiger partial charge in [-0.15, -0.1) is 0 Å². The summed E-state index contributed by atoms with van der Waals surface area (Å²) in [6, 6.07) is 8.14. The van der Waals surface area contributed by atoms with Crippen LogP contribution in [-0.2, 0) is 27.2 Å². The highest BCUT2D eigenvalue weighted by atomic mass is 16.5. The van der Waals surface area contributed by atoms with Crippen LogP contribution in [0.15, 0.2) is 24.3 Å². The van der Waals surface area contributed by atoms with Crippen LogP contribution < -0.4 is 17.0 Å². The van der Waals surface area contributed by atoms with Crippen molar-refractivity contribution in [1.82, 2.24) is 5.43 Å². The Morgan fingerprint density at radius 1 is 1.20 bits per heavy atom. The van der Waals surface area contributed by atoms with E-state index in [-0.39, 0.29) is 18.1 Å². The number of hydrazine groups is 1. The Labute approximate surface area is 149 Å². The third-order valence-electron chi connectivity index (χ3n) is 5.12. The fourth-order valence-electron chi connectivity index (χ4n) is 3.40. The molecule has 6 heteroatoms. The molecule has 2 rings (SSSR count). The zero-order valence-electron chi connectivity index (χ0n) is 14.9. The van der Waals surface area contributed by atoms with Crippen LogP contribution in [0.5, 0.6) is 0 Å². The lowest BCUT2D eigenvalue weighted by Gasteiger charge is -2.37. The number of amides is 2. The molecular weight excluding hydrogens is 318 g/mol. The smallest absolute Gasteiger partial charge is 0.243 e. The highest BCUT2D eigenvalue weighted by Gasteiger charge is 2.32. The van der Waals surface area contributed by atoms with Gasteiger partial charge in [-0.3, -0.25) is 15.0 Å². The van der Waals surface area contributed by atoms with Gasteiger partial charge in [-0.2, -0.15) is 0 Å². The first-order valence-electron chi connectivity index (χ1n) is 8.90. The van der Waals surface area contributed by atoms with Crippen molar-refractivity contribution in [2.75, 3.05) is 6.61 Å². The molecule has 0 aliphatic heterocycles. The Bertz CT molecular complexity index is 578. The van der Waals surface area contributed by atoms with Crippen LogP contribution in [-0.4, -0.2) is 24.0 Å². The summed E-state index contributed by atoms with van der Waals surface area (Å²) < 4.78 is 5.68. The van der Waals surface area contributed by atoms with E-state index in [9.17, 15) is 9.59 Å². The first kappa shape index (κ1) is 19.4. The number of rotatable bonds is 8. The van der Waals surface area contributed by atoms with E-state index in [2.05, 4.69) is 24.5 Å². The number of aryl methyl sites for hydroxylation is 1. The van der Waals surface area contributed by atoms with E-state index in [0.29, 0.717) is 12.3 Å². The highest BCUT2D eigenvalue weighted by Crippen LogP contribution is 2.36. The minimum Gasteiger partial charge on any atom is -0.368 e. The predicted octanol–water partition coefficient (Wildman–Crippen LogP) is 1.60.